The molecule has 5 heteroatoms. The number of aliphatic carboxylic acids is 1. The van der Waals surface area contributed by atoms with Gasteiger partial charge in [-0.1, -0.05) is 0 Å². The first kappa shape index (κ1) is 10.2. The molecule has 0 aliphatic rings. The van der Waals surface area contributed by atoms with Gasteiger partial charge in [-0.15, -0.1) is 0 Å². The molecular formula is C9H9NO4. The molecule has 0 amide bonds. The van der Waals surface area contributed by atoms with E-state index in [4.69, 9.17) is 10.2 Å². The Bertz CT molecular complexity index is 344. The molecule has 0 aromatic carbocycles. The van der Waals surface area contributed by atoms with Crippen LogP contribution in [0.4, 0.5) is 0 Å². The van der Waals surface area contributed by atoms with E-state index in [0.717, 1.165) is 0 Å². The molecule has 5 nitrogen and oxygen atoms in total. The van der Waals surface area contributed by atoms with Gasteiger partial charge in [-0.3, -0.25) is 9.59 Å². The van der Waals surface area contributed by atoms with Crippen molar-refractivity contribution in [3.05, 3.63) is 23.9 Å². The van der Waals surface area contributed by atoms with Crippen LogP contribution >= 0.6 is 0 Å². The Hall–Kier alpha value is -1.91. The first-order valence-corrected chi connectivity index (χ1v) is 3.99. The van der Waals surface area contributed by atoms with Gasteiger partial charge < -0.3 is 10.2 Å². The summed E-state index contributed by atoms with van der Waals surface area (Å²) in [6.07, 6.45) is 0.973. The molecule has 0 saturated heterocycles. The number of Topliss-reactive ketones (excluding diaryl/α,β-unsaturated/α-hetero) is 1. The van der Waals surface area contributed by atoms with E-state index < -0.39 is 5.97 Å². The predicted molar refractivity (Wildman–Crippen MR) is 47.1 cm³/mol. The molecule has 0 aliphatic heterocycles. The van der Waals surface area contributed by atoms with Gasteiger partial charge in [0.05, 0.1) is 6.42 Å². The zero-order chi connectivity index (χ0) is 10.6. The average molecular weight is 195 g/mol. The summed E-state index contributed by atoms with van der Waals surface area (Å²) in [5.41, 5.74) is 0.309. The Morgan fingerprint density at radius 1 is 1.29 bits per heavy atom. The summed E-state index contributed by atoms with van der Waals surface area (Å²) in [5, 5.41) is 17.2. The SMILES string of the molecule is O=C(O)CCC(=O)c1ccc(O)nc1. The maximum absolute atomic E-state index is 11.3. The summed E-state index contributed by atoms with van der Waals surface area (Å²) in [6.45, 7) is 0. The number of nitrogens with zero attached hydrogens (tertiary/aromatic N) is 1. The lowest BCUT2D eigenvalue weighted by Crippen LogP contribution is -2.03. The van der Waals surface area contributed by atoms with E-state index in [1.54, 1.807) is 0 Å². The summed E-state index contributed by atoms with van der Waals surface area (Å²) >= 11 is 0. The minimum Gasteiger partial charge on any atom is -0.493 e. The van der Waals surface area contributed by atoms with Crippen molar-refractivity contribution in [2.24, 2.45) is 0 Å². The van der Waals surface area contributed by atoms with Crippen LogP contribution in [0, 0.1) is 0 Å². The van der Waals surface area contributed by atoms with E-state index in [9.17, 15) is 9.59 Å². The van der Waals surface area contributed by atoms with Crippen molar-refractivity contribution >= 4 is 11.8 Å². The average Bonchev–Trinajstić information content (AvgIpc) is 2.15. The number of ketones is 1. The Kier molecular flexibility index (Phi) is 3.17. The van der Waals surface area contributed by atoms with Crippen LogP contribution in [0.5, 0.6) is 5.88 Å². The van der Waals surface area contributed by atoms with E-state index in [1.807, 2.05) is 0 Å². The zero-order valence-electron chi connectivity index (χ0n) is 7.30. The Labute approximate surface area is 80.0 Å². The molecule has 1 aromatic heterocycles. The van der Waals surface area contributed by atoms with Crippen molar-refractivity contribution < 1.29 is 19.8 Å². The van der Waals surface area contributed by atoms with Crippen LogP contribution in [0.25, 0.3) is 0 Å². The monoisotopic (exact) mass is 195 g/mol. The van der Waals surface area contributed by atoms with Crippen LogP contribution in [-0.4, -0.2) is 26.9 Å². The summed E-state index contributed by atoms with van der Waals surface area (Å²) in [6, 6.07) is 2.69. The van der Waals surface area contributed by atoms with Crippen molar-refractivity contribution in [2.45, 2.75) is 12.8 Å². The summed E-state index contributed by atoms with van der Waals surface area (Å²) in [5.74, 6) is -1.47. The predicted octanol–water partition coefficient (Wildman–Crippen LogP) is 0.835. The Morgan fingerprint density at radius 2 is 2.00 bits per heavy atom. The molecule has 0 atom stereocenters. The summed E-state index contributed by atoms with van der Waals surface area (Å²) < 4.78 is 0. The Morgan fingerprint density at radius 3 is 2.50 bits per heavy atom. The second-order valence-electron chi connectivity index (χ2n) is 2.72. The van der Waals surface area contributed by atoms with Gasteiger partial charge in [0.15, 0.2) is 5.78 Å². The molecule has 0 spiro atoms. The molecule has 1 aromatic rings. The van der Waals surface area contributed by atoms with Crippen molar-refractivity contribution in [3.63, 3.8) is 0 Å². The van der Waals surface area contributed by atoms with Crippen LogP contribution in [0.2, 0.25) is 0 Å². The van der Waals surface area contributed by atoms with Crippen LogP contribution in [0.3, 0.4) is 0 Å². The molecule has 0 bridgehead atoms. The number of aromatic nitrogens is 1. The highest BCUT2D eigenvalue weighted by molar-refractivity contribution is 5.97. The summed E-state index contributed by atoms with van der Waals surface area (Å²) in [4.78, 5) is 25.0. The molecule has 0 radical (unpaired) electrons. The fourth-order valence-corrected chi connectivity index (χ4v) is 0.916. The highest BCUT2D eigenvalue weighted by atomic mass is 16.4. The summed E-state index contributed by atoms with van der Waals surface area (Å²) in [7, 11) is 0. The number of carbonyl (C=O) groups is 2. The van der Waals surface area contributed by atoms with E-state index in [2.05, 4.69) is 4.98 Å². The van der Waals surface area contributed by atoms with Gasteiger partial charge in [-0.2, -0.15) is 0 Å². The lowest BCUT2D eigenvalue weighted by molar-refractivity contribution is -0.136. The third kappa shape index (κ3) is 2.85. The van der Waals surface area contributed by atoms with E-state index in [-0.39, 0.29) is 24.5 Å². The maximum Gasteiger partial charge on any atom is 0.303 e. The third-order valence-electron chi connectivity index (χ3n) is 1.64. The lowest BCUT2D eigenvalue weighted by atomic mass is 10.1. The number of carboxylic acid groups (broad SMARTS) is 1. The second-order valence-corrected chi connectivity index (χ2v) is 2.72. The van der Waals surface area contributed by atoms with Gasteiger partial charge in [0.25, 0.3) is 0 Å². The number of hydrogen-bond donors (Lipinski definition) is 2. The molecule has 0 unspecified atom stereocenters. The van der Waals surface area contributed by atoms with Gasteiger partial charge in [-0.05, 0) is 6.07 Å². The molecule has 0 fully saturated rings. The minimum absolute atomic E-state index is 0.0538. The van der Waals surface area contributed by atoms with Crippen LogP contribution in [0.1, 0.15) is 23.2 Å². The van der Waals surface area contributed by atoms with E-state index in [1.165, 1.54) is 18.3 Å². The van der Waals surface area contributed by atoms with Crippen LogP contribution in [-0.2, 0) is 4.79 Å². The number of aromatic hydroxyl groups is 1. The highest BCUT2D eigenvalue weighted by Gasteiger charge is 2.08. The van der Waals surface area contributed by atoms with Gasteiger partial charge in [-0.25, -0.2) is 4.98 Å². The van der Waals surface area contributed by atoms with Crippen LogP contribution < -0.4 is 0 Å². The fourth-order valence-electron chi connectivity index (χ4n) is 0.916. The van der Waals surface area contributed by atoms with Crippen molar-refractivity contribution in [1.29, 1.82) is 0 Å². The number of pyridine rings is 1. The van der Waals surface area contributed by atoms with Crippen molar-refractivity contribution in [1.82, 2.24) is 4.98 Å². The number of carboxylic acids is 1. The van der Waals surface area contributed by atoms with Gasteiger partial charge in [0.2, 0.25) is 5.88 Å². The molecule has 2 N–H and O–H groups in total. The molecule has 0 saturated carbocycles. The van der Waals surface area contributed by atoms with Gasteiger partial charge >= 0.3 is 5.97 Å². The molecule has 0 aliphatic carbocycles. The van der Waals surface area contributed by atoms with Crippen molar-refractivity contribution in [2.75, 3.05) is 0 Å². The molecule has 1 heterocycles. The maximum atomic E-state index is 11.3. The topological polar surface area (TPSA) is 87.5 Å². The fraction of sp³-hybridized carbons (Fsp3) is 0.222. The van der Waals surface area contributed by atoms with Crippen LogP contribution in [0.15, 0.2) is 18.3 Å². The minimum atomic E-state index is -1.01. The standard InChI is InChI=1S/C9H9NO4/c11-7(2-4-9(13)14)6-1-3-8(12)10-5-6/h1,3,5H,2,4H2,(H,10,12)(H,13,14). The second kappa shape index (κ2) is 4.36. The molecule has 14 heavy (non-hydrogen) atoms. The molecule has 74 valence electrons. The normalized spacial score (nSPS) is 9.71. The first-order chi connectivity index (χ1) is 6.59. The van der Waals surface area contributed by atoms with E-state index >= 15 is 0 Å². The quantitative estimate of drug-likeness (QED) is 0.695. The third-order valence-corrected chi connectivity index (χ3v) is 1.64. The smallest absolute Gasteiger partial charge is 0.303 e. The van der Waals surface area contributed by atoms with Gasteiger partial charge in [0.1, 0.15) is 0 Å². The lowest BCUT2D eigenvalue weighted by Gasteiger charge is -1.98. The molecule has 1 rings (SSSR count). The van der Waals surface area contributed by atoms with Crippen molar-refractivity contribution in [3.8, 4) is 5.88 Å². The zero-order valence-corrected chi connectivity index (χ0v) is 7.30. The number of rotatable bonds is 4. The first-order valence-electron chi connectivity index (χ1n) is 3.99. The number of hydrogen-bond acceptors (Lipinski definition) is 4. The van der Waals surface area contributed by atoms with E-state index in [0.29, 0.717) is 5.56 Å². The number of carbonyl (C=O) groups excluding carboxylic acids is 1. The van der Waals surface area contributed by atoms with Gasteiger partial charge in [0, 0.05) is 24.2 Å². The highest BCUT2D eigenvalue weighted by Crippen LogP contribution is 2.08. The molecular weight excluding hydrogens is 186 g/mol. The Balaban J connectivity index is 2.61. The largest absolute Gasteiger partial charge is 0.493 e.